The Morgan fingerprint density at radius 3 is 1.90 bits per heavy atom. The van der Waals surface area contributed by atoms with E-state index in [1.165, 1.54) is 0 Å². The van der Waals surface area contributed by atoms with Gasteiger partial charge in [-0.25, -0.2) is 0 Å². The molecule has 0 bridgehead atoms. The maximum Gasteiger partial charge on any atom is 0.251 e. The highest BCUT2D eigenvalue weighted by molar-refractivity contribution is 5.62. The molecule has 0 unspecified atom stereocenters. The summed E-state index contributed by atoms with van der Waals surface area (Å²) in [4.78, 5) is 12.4. The minimum atomic E-state index is -1.48. The summed E-state index contributed by atoms with van der Waals surface area (Å²) in [7, 11) is 0. The molecule has 0 aromatic rings. The van der Waals surface area contributed by atoms with E-state index in [1.54, 1.807) is 55.4 Å². The minimum Gasteiger partial charge on any atom is -0.411 e. The van der Waals surface area contributed by atoms with Gasteiger partial charge in [-0.1, -0.05) is 0 Å². The normalized spacial score (nSPS) is 43.6. The van der Waals surface area contributed by atoms with Crippen LogP contribution < -0.4 is 0 Å². The summed E-state index contributed by atoms with van der Waals surface area (Å²) in [5, 5.41) is 25.7. The fourth-order valence-corrected chi connectivity index (χ4v) is 6.29. The van der Waals surface area contributed by atoms with Crippen LogP contribution in [-0.4, -0.2) is 108 Å². The Hall–Kier alpha value is -1.49. The molecule has 0 aliphatic carbocycles. The summed E-state index contributed by atoms with van der Waals surface area (Å²) in [5.41, 5.74) is 0. The van der Waals surface area contributed by atoms with Gasteiger partial charge >= 0.3 is 0 Å². The third kappa shape index (κ3) is 5.68. The van der Waals surface area contributed by atoms with Crippen molar-refractivity contribution < 1.29 is 52.8 Å². The molecule has 14 heteroatoms. The zero-order chi connectivity index (χ0) is 28.5. The van der Waals surface area contributed by atoms with E-state index in [4.69, 9.17) is 42.6 Å². The summed E-state index contributed by atoms with van der Waals surface area (Å²) in [6, 6.07) is -1.48. The number of nitro groups is 1. The van der Waals surface area contributed by atoms with Crippen LogP contribution >= 0.6 is 0 Å². The highest BCUT2D eigenvalue weighted by Gasteiger charge is 2.65. The first kappa shape index (κ1) is 29.0. The molecule has 14 nitrogen and oxygen atoms in total. The van der Waals surface area contributed by atoms with Crippen molar-refractivity contribution in [3.63, 3.8) is 0 Å². The highest BCUT2D eigenvalue weighted by atomic mass is 16.8. The Balaban J connectivity index is 1.50. The molecule has 5 heterocycles. The molecule has 5 aliphatic heterocycles. The van der Waals surface area contributed by atoms with E-state index in [0.29, 0.717) is 0 Å². The van der Waals surface area contributed by atoms with Gasteiger partial charge in [-0.3, -0.25) is 10.1 Å². The second-order valence-electron chi connectivity index (χ2n) is 12.5. The largest absolute Gasteiger partial charge is 0.411 e. The van der Waals surface area contributed by atoms with Gasteiger partial charge in [0, 0.05) is 4.92 Å². The third-order valence-electron chi connectivity index (χ3n) is 7.68. The van der Waals surface area contributed by atoms with Gasteiger partial charge < -0.3 is 47.8 Å². The Bertz CT molecular complexity index is 971. The lowest BCUT2D eigenvalue weighted by atomic mass is 9.81. The van der Waals surface area contributed by atoms with Crippen LogP contribution in [0.15, 0.2) is 5.16 Å². The molecule has 0 aromatic heterocycles. The molecule has 5 saturated heterocycles. The summed E-state index contributed by atoms with van der Waals surface area (Å²) in [6.07, 6.45) is -5.07. The third-order valence-corrected chi connectivity index (χ3v) is 7.68. The monoisotopic (exact) mass is 560 g/mol. The van der Waals surface area contributed by atoms with E-state index in [9.17, 15) is 15.3 Å². The van der Waals surface area contributed by atoms with Crippen molar-refractivity contribution >= 4 is 6.21 Å². The number of oxime groups is 1. The Labute approximate surface area is 227 Å². The maximum atomic E-state index is 12.8. The molecule has 0 saturated carbocycles. The average molecular weight is 561 g/mol. The van der Waals surface area contributed by atoms with Gasteiger partial charge in [-0.2, -0.15) is 0 Å². The van der Waals surface area contributed by atoms with Gasteiger partial charge in [0.1, 0.15) is 42.7 Å². The van der Waals surface area contributed by atoms with Crippen LogP contribution in [0.5, 0.6) is 0 Å². The zero-order valence-corrected chi connectivity index (χ0v) is 23.6. The predicted molar refractivity (Wildman–Crippen MR) is 131 cm³/mol. The van der Waals surface area contributed by atoms with Gasteiger partial charge in [0.25, 0.3) is 6.04 Å². The Morgan fingerprint density at radius 1 is 0.744 bits per heavy atom. The Kier molecular flexibility index (Phi) is 7.30. The van der Waals surface area contributed by atoms with E-state index >= 15 is 0 Å². The number of hydrogen-bond donors (Lipinski definition) is 1. The van der Waals surface area contributed by atoms with Gasteiger partial charge in [0.05, 0.1) is 25.3 Å². The first-order valence-corrected chi connectivity index (χ1v) is 13.3. The van der Waals surface area contributed by atoms with Crippen LogP contribution in [-0.2, 0) is 42.6 Å². The van der Waals surface area contributed by atoms with Gasteiger partial charge in [-0.15, -0.1) is 5.16 Å². The maximum absolute atomic E-state index is 12.8. The first-order valence-electron chi connectivity index (χ1n) is 13.3. The standard InChI is InChI=1S/C25H40N2O12/c1-22(2)32-11-14(34-22)18-16(35-24(5,6)37-18)12(9-26-28)15(27(29)30)19-21-20(38-25(7,8)39-21)17-13(33-19)10-31-23(3,4)36-17/h9,12-21,28H,10-11H2,1-8H3/b26-9-/t12-,13-,14-,15-,16-,17-,18-,19+,20+,21-/m1/s1. The summed E-state index contributed by atoms with van der Waals surface area (Å²) in [6.45, 7) is 14.4. The van der Waals surface area contributed by atoms with Crippen LogP contribution in [0.3, 0.4) is 0 Å². The molecule has 1 N–H and O–H groups in total. The molecule has 0 radical (unpaired) electrons. The minimum absolute atomic E-state index is 0.144. The van der Waals surface area contributed by atoms with Crippen molar-refractivity contribution in [2.45, 2.75) is 133 Å². The van der Waals surface area contributed by atoms with Crippen LogP contribution in [0.4, 0.5) is 0 Å². The number of nitrogens with zero attached hydrogens (tertiary/aromatic N) is 2. The van der Waals surface area contributed by atoms with Crippen LogP contribution in [0.25, 0.3) is 0 Å². The topological polar surface area (TPSA) is 159 Å². The van der Waals surface area contributed by atoms with E-state index < -0.39 is 88.9 Å². The molecule has 222 valence electrons. The Morgan fingerprint density at radius 2 is 1.28 bits per heavy atom. The highest BCUT2D eigenvalue weighted by Crippen LogP contribution is 2.46. The van der Waals surface area contributed by atoms with Crippen molar-refractivity contribution in [1.29, 1.82) is 0 Å². The molecule has 39 heavy (non-hydrogen) atoms. The summed E-state index contributed by atoms with van der Waals surface area (Å²) < 4.78 is 54.9. The van der Waals surface area contributed by atoms with E-state index in [1.807, 2.05) is 0 Å². The molecule has 5 fully saturated rings. The number of ether oxygens (including phenoxy) is 9. The predicted octanol–water partition coefficient (Wildman–Crippen LogP) is 1.82. The second-order valence-corrected chi connectivity index (χ2v) is 12.5. The van der Waals surface area contributed by atoms with E-state index in [0.717, 1.165) is 6.21 Å². The zero-order valence-electron chi connectivity index (χ0n) is 23.6. The van der Waals surface area contributed by atoms with Gasteiger partial charge in [-0.05, 0) is 55.4 Å². The van der Waals surface area contributed by atoms with Crippen LogP contribution in [0.1, 0.15) is 55.4 Å². The lowest BCUT2D eigenvalue weighted by molar-refractivity contribution is -0.551. The van der Waals surface area contributed by atoms with Gasteiger partial charge in [0.15, 0.2) is 29.3 Å². The van der Waals surface area contributed by atoms with Crippen molar-refractivity contribution in [2.75, 3.05) is 13.2 Å². The lowest BCUT2D eigenvalue weighted by Crippen LogP contribution is -2.67. The molecule has 5 rings (SSSR count). The molecule has 0 spiro atoms. The number of rotatable bonds is 6. The number of hydrogen-bond acceptors (Lipinski definition) is 13. The lowest BCUT2D eigenvalue weighted by Gasteiger charge is -2.49. The molecular formula is C25H40N2O12. The molecule has 10 atom stereocenters. The molecule has 0 aromatic carbocycles. The average Bonchev–Trinajstić information content (AvgIpc) is 3.44. The van der Waals surface area contributed by atoms with Crippen molar-refractivity contribution in [2.24, 2.45) is 11.1 Å². The smallest absolute Gasteiger partial charge is 0.251 e. The SMILES string of the molecule is CC1(C)O[C@@H]2[C@H](O1)[C@H]([C@@H]([C@@H](/C=N\O)[C@H]1OC(C)(C)O[C@@H]1[C@H]1COC(C)(C)O1)[N+](=O)[O-])O[C@@H]1COC(C)(C)O[C@@H]21. The fourth-order valence-electron chi connectivity index (χ4n) is 6.29. The molecular weight excluding hydrogens is 520 g/mol. The van der Waals surface area contributed by atoms with Crippen LogP contribution in [0.2, 0.25) is 0 Å². The van der Waals surface area contributed by atoms with E-state index in [-0.39, 0.29) is 13.2 Å². The summed E-state index contributed by atoms with van der Waals surface area (Å²) >= 11 is 0. The second kappa shape index (κ2) is 9.81. The quantitative estimate of drug-likeness (QED) is 0.218. The first-order chi connectivity index (χ1) is 18.0. The fraction of sp³-hybridized carbons (Fsp3) is 0.960. The van der Waals surface area contributed by atoms with E-state index in [2.05, 4.69) is 5.16 Å². The van der Waals surface area contributed by atoms with Crippen LogP contribution in [0, 0.1) is 16.0 Å². The van der Waals surface area contributed by atoms with Crippen molar-refractivity contribution in [3.05, 3.63) is 10.1 Å². The number of fused-ring (bicyclic) bond motifs is 3. The summed E-state index contributed by atoms with van der Waals surface area (Å²) in [5.74, 6) is -5.01. The van der Waals surface area contributed by atoms with Crippen molar-refractivity contribution in [1.82, 2.24) is 0 Å². The molecule has 0 amide bonds. The van der Waals surface area contributed by atoms with Gasteiger partial charge in [0.2, 0.25) is 0 Å². The van der Waals surface area contributed by atoms with Crippen molar-refractivity contribution in [3.8, 4) is 0 Å². The molecule has 5 aliphatic rings.